The number of methoxy groups -OCH3 is 1. The van der Waals surface area contributed by atoms with Crippen LogP contribution in [0.5, 0.6) is 0 Å². The molecule has 1 heterocycles. The molecule has 0 bridgehead atoms. The number of hydrogen-bond donors (Lipinski definition) is 0. The smallest absolute Gasteiger partial charge is 0.416 e. The minimum Gasteiger partial charge on any atom is -0.496 e. The van der Waals surface area contributed by atoms with E-state index in [0.29, 0.717) is 12.1 Å². The van der Waals surface area contributed by atoms with Gasteiger partial charge in [0.1, 0.15) is 11.9 Å². The van der Waals surface area contributed by atoms with E-state index < -0.39 is 78.2 Å². The average molecular weight is 781 g/mol. The minimum absolute atomic E-state index is 0.0424. The Labute approximate surface area is 272 Å². The molecule has 15 heteroatoms. The summed E-state index contributed by atoms with van der Waals surface area (Å²) < 4.78 is 148. The van der Waals surface area contributed by atoms with E-state index in [9.17, 15) is 48.7 Å². The fourth-order valence-electron chi connectivity index (χ4n) is 5.05. The van der Waals surface area contributed by atoms with Crippen molar-refractivity contribution in [3.63, 3.8) is 0 Å². The molecule has 254 valence electrons. The molecule has 0 radical (unpaired) electrons. The predicted molar refractivity (Wildman–Crippen MR) is 158 cm³/mol. The molecule has 2 aromatic rings. The number of halogens is 11. The number of amides is 1. The summed E-state index contributed by atoms with van der Waals surface area (Å²) in [5, 5.41) is 0. The Bertz CT molecular complexity index is 1460. The van der Waals surface area contributed by atoms with Crippen LogP contribution in [0.15, 0.2) is 48.2 Å². The van der Waals surface area contributed by atoms with Gasteiger partial charge in [0.05, 0.1) is 36.5 Å². The molecular formula is C31H30F10INO3. The molecule has 0 aliphatic carbocycles. The molecule has 0 saturated carbocycles. The monoisotopic (exact) mass is 781 g/mol. The Hall–Kier alpha value is -2.98. The third-order valence-corrected chi connectivity index (χ3v) is 8.43. The lowest BCUT2D eigenvalue weighted by atomic mass is 9.86. The first-order valence-electron chi connectivity index (χ1n) is 13.8. The van der Waals surface area contributed by atoms with Crippen LogP contribution in [0.25, 0.3) is 5.57 Å². The van der Waals surface area contributed by atoms with Gasteiger partial charge < -0.3 is 9.47 Å². The van der Waals surface area contributed by atoms with E-state index in [1.165, 1.54) is 26.2 Å². The van der Waals surface area contributed by atoms with E-state index >= 15 is 0 Å². The van der Waals surface area contributed by atoms with Crippen molar-refractivity contribution in [2.45, 2.75) is 64.9 Å². The number of allylic oxidation sites excluding steroid dienone is 3. The van der Waals surface area contributed by atoms with Gasteiger partial charge in [0.15, 0.2) is 0 Å². The molecule has 1 fully saturated rings. The summed E-state index contributed by atoms with van der Waals surface area (Å²) in [4.78, 5) is 13.9. The van der Waals surface area contributed by atoms with Crippen molar-refractivity contribution in [3.05, 3.63) is 85.2 Å². The highest BCUT2D eigenvalue weighted by atomic mass is 127. The summed E-state index contributed by atoms with van der Waals surface area (Å²) in [5.41, 5.74) is -4.63. The number of nitrogens with zero attached hydrogens (tertiary/aromatic N) is 1. The van der Waals surface area contributed by atoms with Gasteiger partial charge in [-0.05, 0) is 84.3 Å². The van der Waals surface area contributed by atoms with Gasteiger partial charge in [-0.3, -0.25) is 9.29 Å². The maximum atomic E-state index is 14.1. The summed E-state index contributed by atoms with van der Waals surface area (Å²) in [6.07, 6.45) is -14.7. The van der Waals surface area contributed by atoms with Gasteiger partial charge in [0.2, 0.25) is 0 Å². The highest BCUT2D eigenvalue weighted by molar-refractivity contribution is 14.1. The molecular weight excluding hydrogens is 751 g/mol. The summed E-state index contributed by atoms with van der Waals surface area (Å²) in [6, 6.07) is 1.31. The number of benzene rings is 2. The van der Waals surface area contributed by atoms with Crippen molar-refractivity contribution >= 4 is 34.3 Å². The highest BCUT2D eigenvalue weighted by Crippen LogP contribution is 2.45. The average Bonchev–Trinajstić information content (AvgIpc) is 3.21. The van der Waals surface area contributed by atoms with Crippen molar-refractivity contribution in [1.29, 1.82) is 0 Å². The number of carbonyl (C=O) groups is 1. The van der Waals surface area contributed by atoms with Crippen molar-refractivity contribution in [3.8, 4) is 0 Å². The van der Waals surface area contributed by atoms with Crippen LogP contribution < -0.4 is 0 Å². The zero-order valence-corrected chi connectivity index (χ0v) is 27.3. The lowest BCUT2D eigenvalue weighted by Crippen LogP contribution is -2.32. The van der Waals surface area contributed by atoms with Gasteiger partial charge in [-0.2, -0.15) is 39.5 Å². The maximum absolute atomic E-state index is 14.1. The van der Waals surface area contributed by atoms with Gasteiger partial charge in [0.25, 0.3) is 0 Å². The Kier molecular flexibility index (Phi) is 11.4. The minimum atomic E-state index is -5.14. The first-order chi connectivity index (χ1) is 21.1. The van der Waals surface area contributed by atoms with Crippen LogP contribution in [0, 0.1) is 15.4 Å². The second kappa shape index (κ2) is 14.0. The van der Waals surface area contributed by atoms with Crippen LogP contribution >= 0.6 is 22.6 Å². The standard InChI is InChI=1S/C31H30F10INO3/c1-6-25(45-5)22(9-18(13-32)15(2)3)26-23(11-21(12-24(26)42)31(39,40)41)27-16(4)43(28(44)46-27)14-17-7-19(29(33,34)35)10-20(8-17)30(36,37)38/h6-12,15-16,18,27H,13-14H2,1-5H3/b22-9+,25-6+/t16?,18?,27-/m0/s1. The fourth-order valence-corrected chi connectivity index (χ4v) is 5.98. The van der Waals surface area contributed by atoms with Gasteiger partial charge in [0, 0.05) is 32.7 Å². The summed E-state index contributed by atoms with van der Waals surface area (Å²) in [6.45, 7) is 4.85. The predicted octanol–water partition coefficient (Wildman–Crippen LogP) is 10.6. The molecule has 4 nitrogen and oxygen atoms in total. The van der Waals surface area contributed by atoms with Gasteiger partial charge in [-0.1, -0.05) is 19.9 Å². The lowest BCUT2D eigenvalue weighted by molar-refractivity contribution is -0.143. The van der Waals surface area contributed by atoms with E-state index in [-0.39, 0.29) is 38.0 Å². The maximum Gasteiger partial charge on any atom is 0.416 e. The Morgan fingerprint density at radius 2 is 1.48 bits per heavy atom. The van der Waals surface area contributed by atoms with Gasteiger partial charge in [-0.15, -0.1) is 0 Å². The molecule has 46 heavy (non-hydrogen) atoms. The summed E-state index contributed by atoms with van der Waals surface area (Å²) >= 11 is 1.67. The highest BCUT2D eigenvalue weighted by Gasteiger charge is 2.44. The molecule has 1 aliphatic rings. The zero-order valence-electron chi connectivity index (χ0n) is 25.1. The number of rotatable bonds is 9. The quantitative estimate of drug-likeness (QED) is 0.110. The topological polar surface area (TPSA) is 38.8 Å². The van der Waals surface area contributed by atoms with Crippen LogP contribution in [0.4, 0.5) is 48.7 Å². The van der Waals surface area contributed by atoms with E-state index in [1.807, 2.05) is 0 Å². The molecule has 0 N–H and O–H groups in total. The van der Waals surface area contributed by atoms with E-state index in [0.717, 1.165) is 17.0 Å². The van der Waals surface area contributed by atoms with Crippen LogP contribution in [0.3, 0.4) is 0 Å². The third-order valence-electron chi connectivity index (χ3n) is 7.58. The number of cyclic esters (lactones) is 1. The molecule has 3 atom stereocenters. The number of alkyl halides is 10. The van der Waals surface area contributed by atoms with Crippen LogP contribution in [-0.2, 0) is 34.5 Å². The SMILES string of the molecule is C/C=C(OC)\C(=C/C(CF)C(C)C)c1c(I)cc(C(F)(F)F)cc1[C@H]1OC(=O)N(Cc2cc(C(F)(F)F)cc(C(F)(F)F)c2)C1C. The van der Waals surface area contributed by atoms with Crippen molar-refractivity contribution in [2.75, 3.05) is 13.8 Å². The van der Waals surface area contributed by atoms with Crippen molar-refractivity contribution < 1.29 is 58.2 Å². The lowest BCUT2D eigenvalue weighted by Gasteiger charge is -2.26. The first-order valence-corrected chi connectivity index (χ1v) is 14.9. The second-order valence-corrected chi connectivity index (χ2v) is 12.2. The normalized spacial score (nSPS) is 19.2. The van der Waals surface area contributed by atoms with E-state index in [2.05, 4.69) is 0 Å². The second-order valence-electron chi connectivity index (χ2n) is 11.0. The number of carbonyl (C=O) groups excluding carboxylic acids is 1. The molecule has 0 aromatic heterocycles. The molecule has 2 aromatic carbocycles. The Morgan fingerprint density at radius 3 is 1.91 bits per heavy atom. The van der Waals surface area contributed by atoms with Gasteiger partial charge in [-0.25, -0.2) is 4.79 Å². The molecule has 1 aliphatic heterocycles. The molecule has 3 rings (SSSR count). The largest absolute Gasteiger partial charge is 0.496 e. The van der Waals surface area contributed by atoms with E-state index in [4.69, 9.17) is 9.47 Å². The summed E-state index contributed by atoms with van der Waals surface area (Å²) in [7, 11) is 1.31. The van der Waals surface area contributed by atoms with Crippen LogP contribution in [0.2, 0.25) is 0 Å². The zero-order chi connectivity index (χ0) is 34.9. The molecule has 0 spiro atoms. The molecule has 1 saturated heterocycles. The number of hydrogen-bond acceptors (Lipinski definition) is 3. The third kappa shape index (κ3) is 8.29. The summed E-state index contributed by atoms with van der Waals surface area (Å²) in [5.74, 6) is -0.761. The number of ether oxygens (including phenoxy) is 2. The Balaban J connectivity index is 2.23. The molecule has 1 amide bonds. The fraction of sp³-hybridized carbons (Fsp3) is 0.452. The first kappa shape index (κ1) is 37.5. The molecule has 2 unspecified atom stereocenters. The van der Waals surface area contributed by atoms with Crippen LogP contribution in [-0.4, -0.2) is 30.8 Å². The van der Waals surface area contributed by atoms with E-state index in [1.54, 1.807) is 43.4 Å². The van der Waals surface area contributed by atoms with Crippen molar-refractivity contribution in [1.82, 2.24) is 4.90 Å². The van der Waals surface area contributed by atoms with Crippen LogP contribution in [0.1, 0.15) is 67.2 Å². The Morgan fingerprint density at radius 1 is 0.957 bits per heavy atom. The van der Waals surface area contributed by atoms with Crippen molar-refractivity contribution in [2.24, 2.45) is 11.8 Å². The van der Waals surface area contributed by atoms with Gasteiger partial charge >= 0.3 is 24.6 Å².